The van der Waals surface area contributed by atoms with Crippen LogP contribution in [-0.4, -0.2) is 35.8 Å². The molecule has 0 bridgehead atoms. The highest BCUT2D eigenvalue weighted by molar-refractivity contribution is 9.10. The van der Waals surface area contributed by atoms with Crippen molar-refractivity contribution in [2.75, 3.05) is 6.54 Å². The summed E-state index contributed by atoms with van der Waals surface area (Å²) in [5.74, 6) is -1.47. The molecular weight excluding hydrogens is 639 g/mol. The summed E-state index contributed by atoms with van der Waals surface area (Å²) in [6.45, 7) is 0.0800. The van der Waals surface area contributed by atoms with Crippen molar-refractivity contribution in [3.8, 4) is 11.5 Å². The van der Waals surface area contributed by atoms with Crippen molar-refractivity contribution in [3.05, 3.63) is 83.5 Å². The van der Waals surface area contributed by atoms with E-state index in [1.165, 1.54) is 12.1 Å². The summed E-state index contributed by atoms with van der Waals surface area (Å²) in [7, 11) is 0. The molecule has 0 saturated carbocycles. The van der Waals surface area contributed by atoms with Gasteiger partial charge in [0, 0.05) is 10.7 Å². The average Bonchev–Trinajstić information content (AvgIpc) is 2.81. The standard InChI is InChI=1S/C26H22BrF9N2O3/c1-22(27)10-8-16(9-11-22)14-23(38-21(39)37-15-24(28,29)30,17-4-2-6-19(12-17)40-25(31,32)33)18-5-3-7-20(13-18)41-26(34,35)36/h2-10,12-13H,11,14-15H2,1H3,(H2,37,38,39). The van der Waals surface area contributed by atoms with Crippen molar-refractivity contribution in [1.29, 1.82) is 0 Å². The Hall–Kier alpha value is -3.36. The minimum atomic E-state index is -5.12. The summed E-state index contributed by atoms with van der Waals surface area (Å²) < 4.78 is 124. The number of rotatable bonds is 8. The van der Waals surface area contributed by atoms with Crippen LogP contribution in [0.25, 0.3) is 0 Å². The number of ether oxygens (including phenoxy) is 2. The van der Waals surface area contributed by atoms with E-state index in [1.807, 2.05) is 6.92 Å². The number of hydrogen-bond donors (Lipinski definition) is 2. The third kappa shape index (κ3) is 9.90. The van der Waals surface area contributed by atoms with Crippen molar-refractivity contribution >= 4 is 22.0 Å². The topological polar surface area (TPSA) is 59.6 Å². The van der Waals surface area contributed by atoms with Crippen LogP contribution >= 0.6 is 15.9 Å². The van der Waals surface area contributed by atoms with Crippen molar-refractivity contribution in [2.24, 2.45) is 0 Å². The normalized spacial score (nSPS) is 18.0. The van der Waals surface area contributed by atoms with Crippen LogP contribution in [0.15, 0.2) is 72.3 Å². The number of allylic oxidation sites excluding steroid dienone is 3. The Labute approximate surface area is 236 Å². The van der Waals surface area contributed by atoms with E-state index in [-0.39, 0.29) is 17.5 Å². The number of halogens is 10. The number of hydrogen-bond acceptors (Lipinski definition) is 3. The van der Waals surface area contributed by atoms with Crippen LogP contribution < -0.4 is 20.1 Å². The van der Waals surface area contributed by atoms with Gasteiger partial charge in [0.05, 0.1) is 5.54 Å². The second kappa shape index (κ2) is 11.9. The molecule has 0 fully saturated rings. The highest BCUT2D eigenvalue weighted by Gasteiger charge is 2.40. The Balaban J connectivity index is 2.22. The van der Waals surface area contributed by atoms with Crippen LogP contribution in [-0.2, 0) is 5.54 Å². The molecule has 3 rings (SSSR count). The van der Waals surface area contributed by atoms with Gasteiger partial charge in [-0.05, 0) is 54.3 Å². The second-order valence-corrected chi connectivity index (χ2v) is 11.1. The predicted molar refractivity (Wildman–Crippen MR) is 133 cm³/mol. The molecule has 1 aliphatic rings. The van der Waals surface area contributed by atoms with E-state index in [1.54, 1.807) is 23.5 Å². The lowest BCUT2D eigenvalue weighted by Crippen LogP contribution is -2.52. The first kappa shape index (κ1) is 32.2. The summed E-state index contributed by atoms with van der Waals surface area (Å²) >= 11 is 3.48. The maximum Gasteiger partial charge on any atom is 0.573 e. The molecule has 0 spiro atoms. The Morgan fingerprint density at radius 3 is 1.83 bits per heavy atom. The van der Waals surface area contributed by atoms with Crippen LogP contribution in [0.1, 0.15) is 30.9 Å². The fourth-order valence-electron chi connectivity index (χ4n) is 4.08. The lowest BCUT2D eigenvalue weighted by molar-refractivity contribution is -0.275. The zero-order valence-electron chi connectivity index (χ0n) is 21.0. The van der Waals surface area contributed by atoms with Crippen LogP contribution in [0.3, 0.4) is 0 Å². The molecule has 224 valence electrons. The number of carbonyl (C=O) groups is 1. The molecule has 0 saturated heterocycles. The van der Waals surface area contributed by atoms with Crippen LogP contribution in [0.4, 0.5) is 44.3 Å². The van der Waals surface area contributed by atoms with Crippen LogP contribution in [0, 0.1) is 0 Å². The van der Waals surface area contributed by atoms with Gasteiger partial charge in [-0.15, -0.1) is 26.3 Å². The van der Waals surface area contributed by atoms with E-state index in [4.69, 9.17) is 0 Å². The third-order valence-corrected chi connectivity index (χ3v) is 6.36. The number of carbonyl (C=O) groups excluding carboxylic acids is 1. The molecule has 5 nitrogen and oxygen atoms in total. The number of nitrogens with one attached hydrogen (secondary N) is 2. The highest BCUT2D eigenvalue weighted by atomic mass is 79.9. The summed E-state index contributed by atoms with van der Waals surface area (Å²) in [5.41, 5.74) is -1.80. The van der Waals surface area contributed by atoms with Crippen LogP contribution in [0.2, 0.25) is 0 Å². The van der Waals surface area contributed by atoms with Gasteiger partial charge in [-0.3, -0.25) is 0 Å². The summed E-state index contributed by atoms with van der Waals surface area (Å²) in [6, 6.07) is 7.06. The monoisotopic (exact) mass is 660 g/mol. The molecule has 2 amide bonds. The van der Waals surface area contributed by atoms with E-state index in [0.717, 1.165) is 36.4 Å². The van der Waals surface area contributed by atoms with Gasteiger partial charge in [-0.25, -0.2) is 4.79 Å². The number of urea groups is 1. The van der Waals surface area contributed by atoms with Gasteiger partial charge < -0.3 is 20.1 Å². The predicted octanol–water partition coefficient (Wildman–Crippen LogP) is 8.02. The minimum absolute atomic E-state index is 0.132. The van der Waals surface area contributed by atoms with Crippen molar-refractivity contribution in [3.63, 3.8) is 0 Å². The van der Waals surface area contributed by atoms with Crippen molar-refractivity contribution < 1.29 is 53.8 Å². The third-order valence-electron chi connectivity index (χ3n) is 5.77. The lowest BCUT2D eigenvalue weighted by Gasteiger charge is -2.38. The van der Waals surface area contributed by atoms with Crippen molar-refractivity contribution in [1.82, 2.24) is 10.6 Å². The molecule has 1 atom stereocenters. The largest absolute Gasteiger partial charge is 0.573 e. The molecule has 41 heavy (non-hydrogen) atoms. The smallest absolute Gasteiger partial charge is 0.406 e. The van der Waals surface area contributed by atoms with Gasteiger partial charge in [-0.1, -0.05) is 58.4 Å². The van der Waals surface area contributed by atoms with E-state index in [2.05, 4.69) is 30.7 Å². The van der Waals surface area contributed by atoms with E-state index in [0.29, 0.717) is 12.0 Å². The molecule has 0 aromatic heterocycles. The number of amides is 2. The molecule has 1 unspecified atom stereocenters. The Morgan fingerprint density at radius 1 is 0.902 bits per heavy atom. The van der Waals surface area contributed by atoms with Crippen molar-refractivity contribution in [2.45, 2.75) is 48.5 Å². The van der Waals surface area contributed by atoms with Gasteiger partial charge in [-0.2, -0.15) is 13.2 Å². The Morgan fingerprint density at radius 2 is 1.41 bits per heavy atom. The zero-order valence-corrected chi connectivity index (χ0v) is 22.6. The Bertz CT molecular complexity index is 1240. The first-order valence-corrected chi connectivity index (χ1v) is 12.5. The Kier molecular flexibility index (Phi) is 9.30. The fraction of sp³-hybridized carbons (Fsp3) is 0.346. The van der Waals surface area contributed by atoms with Gasteiger partial charge in [0.1, 0.15) is 18.0 Å². The fourth-order valence-corrected chi connectivity index (χ4v) is 4.37. The van der Waals surface area contributed by atoms with E-state index in [9.17, 15) is 44.3 Å². The minimum Gasteiger partial charge on any atom is -0.406 e. The molecule has 2 aromatic rings. The second-order valence-electron chi connectivity index (χ2n) is 9.25. The molecule has 0 heterocycles. The molecule has 0 aliphatic heterocycles. The van der Waals surface area contributed by atoms with Gasteiger partial charge in [0.25, 0.3) is 0 Å². The summed E-state index contributed by atoms with van der Waals surface area (Å²) in [4.78, 5) is 12.8. The molecule has 15 heteroatoms. The molecular formula is C26H22BrF9N2O3. The average molecular weight is 661 g/mol. The summed E-state index contributed by atoms with van der Waals surface area (Å²) in [5, 5.41) is 4.00. The van der Waals surface area contributed by atoms with Gasteiger partial charge >= 0.3 is 24.9 Å². The number of alkyl halides is 10. The quantitative estimate of drug-likeness (QED) is 0.223. The van der Waals surface area contributed by atoms with Gasteiger partial charge in [0.15, 0.2) is 0 Å². The summed E-state index contributed by atoms with van der Waals surface area (Å²) in [6.07, 6.45) is -9.86. The van der Waals surface area contributed by atoms with E-state index < -0.39 is 52.8 Å². The van der Waals surface area contributed by atoms with E-state index >= 15 is 0 Å². The SMILES string of the molecule is CC1(Br)C=CC(CC(NC(=O)NCC(F)(F)F)(c2cccc(OC(F)(F)F)c2)c2cccc(OC(F)(F)F)c2)=CC1. The molecule has 2 aromatic carbocycles. The van der Waals surface area contributed by atoms with Crippen LogP contribution in [0.5, 0.6) is 11.5 Å². The van der Waals surface area contributed by atoms with Gasteiger partial charge in [0.2, 0.25) is 0 Å². The maximum absolute atomic E-state index is 13.0. The maximum atomic E-state index is 13.0. The first-order valence-electron chi connectivity index (χ1n) is 11.7. The molecule has 2 N–H and O–H groups in total. The molecule has 1 aliphatic carbocycles. The molecule has 0 radical (unpaired) electrons. The zero-order chi connectivity index (χ0) is 30.7. The highest BCUT2D eigenvalue weighted by Crippen LogP contribution is 2.42. The first-order chi connectivity index (χ1) is 18.8. The number of benzene rings is 2. The lowest BCUT2D eigenvalue weighted by atomic mass is 9.76.